The maximum atomic E-state index is 5.57. The van der Waals surface area contributed by atoms with Crippen LogP contribution in [0.5, 0.6) is 0 Å². The number of piperazine rings is 1. The number of hydrogen-bond acceptors (Lipinski definition) is 8. The van der Waals surface area contributed by atoms with Crippen molar-refractivity contribution in [3.8, 4) is 11.3 Å². The summed E-state index contributed by atoms with van der Waals surface area (Å²) in [4.78, 5) is 17.0. The maximum Gasteiger partial charge on any atom is 0.228 e. The van der Waals surface area contributed by atoms with Crippen molar-refractivity contribution in [2.45, 2.75) is 13.5 Å². The summed E-state index contributed by atoms with van der Waals surface area (Å²) in [5.41, 5.74) is 5.32. The van der Waals surface area contributed by atoms with Crippen LogP contribution in [-0.4, -0.2) is 95.6 Å². The van der Waals surface area contributed by atoms with Crippen molar-refractivity contribution in [3.63, 3.8) is 0 Å². The van der Waals surface area contributed by atoms with E-state index in [0.29, 0.717) is 13.2 Å². The Morgan fingerprint density at radius 3 is 2.45 bits per heavy atom. The van der Waals surface area contributed by atoms with Crippen LogP contribution in [0.15, 0.2) is 54.7 Å². The molecule has 4 aromatic rings. The van der Waals surface area contributed by atoms with E-state index in [1.807, 2.05) is 12.3 Å². The van der Waals surface area contributed by atoms with Crippen LogP contribution in [0, 0.1) is 6.92 Å². The second-order valence-electron chi connectivity index (χ2n) is 10.3. The molecule has 1 N–H and O–H groups in total. The third-order valence-corrected chi connectivity index (χ3v) is 7.50. The molecule has 9 nitrogen and oxygen atoms in total. The molecule has 0 saturated carbocycles. The van der Waals surface area contributed by atoms with Crippen molar-refractivity contribution in [2.24, 2.45) is 0 Å². The van der Waals surface area contributed by atoms with Gasteiger partial charge in [-0.15, -0.1) is 0 Å². The van der Waals surface area contributed by atoms with Crippen LogP contribution in [0.3, 0.4) is 0 Å². The smallest absolute Gasteiger partial charge is 0.228 e. The van der Waals surface area contributed by atoms with Gasteiger partial charge in [-0.3, -0.25) is 9.58 Å². The van der Waals surface area contributed by atoms with E-state index in [1.54, 1.807) is 0 Å². The predicted octanol–water partition coefficient (Wildman–Crippen LogP) is 3.63. The van der Waals surface area contributed by atoms with E-state index in [1.165, 1.54) is 5.56 Å². The number of likely N-dealkylation sites (N-methyl/N-ethyl adjacent to an activating group) is 1. The summed E-state index contributed by atoms with van der Waals surface area (Å²) in [6.45, 7) is 11.4. The molecule has 9 heteroatoms. The number of rotatable bonds is 7. The Morgan fingerprint density at radius 1 is 0.868 bits per heavy atom. The molecule has 0 atom stereocenters. The van der Waals surface area contributed by atoms with Crippen LogP contribution >= 0.6 is 0 Å². The minimum atomic E-state index is 0.687. The molecule has 0 amide bonds. The number of nitrogens with one attached hydrogen (secondary N) is 1. The van der Waals surface area contributed by atoms with Gasteiger partial charge in [0, 0.05) is 68.5 Å². The fraction of sp³-hybridized carbons (Fsp3) is 0.414. The molecule has 4 heterocycles. The Morgan fingerprint density at radius 2 is 1.66 bits per heavy atom. The second kappa shape index (κ2) is 11.1. The van der Waals surface area contributed by atoms with Gasteiger partial charge in [-0.1, -0.05) is 29.8 Å². The van der Waals surface area contributed by atoms with Gasteiger partial charge in [0.1, 0.15) is 5.82 Å². The Hall–Kier alpha value is -3.53. The summed E-state index contributed by atoms with van der Waals surface area (Å²) in [5.74, 6) is 1.51. The quantitative estimate of drug-likeness (QED) is 0.403. The molecule has 2 aliphatic heterocycles. The van der Waals surface area contributed by atoms with Gasteiger partial charge in [0.25, 0.3) is 0 Å². The lowest BCUT2D eigenvalue weighted by Crippen LogP contribution is -2.45. The number of hydrogen-bond donors (Lipinski definition) is 1. The summed E-state index contributed by atoms with van der Waals surface area (Å²) < 4.78 is 7.70. The molecule has 6 rings (SSSR count). The average Bonchev–Trinajstić information content (AvgIpc) is 3.36. The fourth-order valence-corrected chi connectivity index (χ4v) is 5.05. The lowest BCUT2D eigenvalue weighted by molar-refractivity contribution is 0.122. The van der Waals surface area contributed by atoms with Gasteiger partial charge in [-0.2, -0.15) is 10.1 Å². The average molecular weight is 513 g/mol. The number of nitrogens with zero attached hydrogens (tertiary/aromatic N) is 7. The lowest BCUT2D eigenvalue weighted by Gasteiger charge is -2.32. The Bertz CT molecular complexity index is 1370. The third kappa shape index (κ3) is 5.65. The van der Waals surface area contributed by atoms with Gasteiger partial charge >= 0.3 is 0 Å². The molecule has 2 aliphatic rings. The van der Waals surface area contributed by atoms with Crippen molar-refractivity contribution in [3.05, 3.63) is 60.3 Å². The highest BCUT2D eigenvalue weighted by molar-refractivity contribution is 5.84. The number of anilines is 3. The summed E-state index contributed by atoms with van der Waals surface area (Å²) in [5, 5.41) is 9.35. The number of aryl methyl sites for hydroxylation is 1. The number of aromatic nitrogens is 4. The lowest BCUT2D eigenvalue weighted by atomic mass is 10.1. The van der Waals surface area contributed by atoms with E-state index >= 15 is 0 Å². The molecule has 38 heavy (non-hydrogen) atoms. The van der Waals surface area contributed by atoms with Crippen molar-refractivity contribution in [1.29, 1.82) is 0 Å². The number of fused-ring (bicyclic) bond motifs is 1. The molecule has 0 unspecified atom stereocenters. The zero-order chi connectivity index (χ0) is 25.9. The normalized spacial score (nSPS) is 17.3. The Balaban J connectivity index is 1.30. The van der Waals surface area contributed by atoms with Crippen LogP contribution in [0.4, 0.5) is 17.5 Å². The van der Waals surface area contributed by atoms with Gasteiger partial charge in [0.15, 0.2) is 0 Å². The summed E-state index contributed by atoms with van der Waals surface area (Å²) in [7, 11) is 2.19. The van der Waals surface area contributed by atoms with Crippen molar-refractivity contribution in [1.82, 2.24) is 29.5 Å². The van der Waals surface area contributed by atoms with E-state index in [0.717, 1.165) is 92.0 Å². The Kier molecular flexibility index (Phi) is 7.22. The largest absolute Gasteiger partial charge is 0.378 e. The third-order valence-electron chi connectivity index (χ3n) is 7.50. The monoisotopic (exact) mass is 512 g/mol. The maximum absolute atomic E-state index is 5.57. The van der Waals surface area contributed by atoms with E-state index in [2.05, 4.69) is 81.1 Å². The first-order chi connectivity index (χ1) is 18.6. The van der Waals surface area contributed by atoms with Crippen LogP contribution in [0.2, 0.25) is 0 Å². The second-order valence-corrected chi connectivity index (χ2v) is 10.3. The van der Waals surface area contributed by atoms with Gasteiger partial charge in [-0.25, -0.2) is 4.98 Å². The first-order valence-corrected chi connectivity index (χ1v) is 13.5. The molecule has 2 fully saturated rings. The molecular weight excluding hydrogens is 476 g/mol. The summed E-state index contributed by atoms with van der Waals surface area (Å²) >= 11 is 0. The van der Waals surface area contributed by atoms with Crippen LogP contribution in [-0.2, 0) is 11.3 Å². The molecule has 2 aromatic heterocycles. The van der Waals surface area contributed by atoms with Crippen molar-refractivity contribution >= 4 is 28.4 Å². The number of ether oxygens (including phenoxy) is 1. The highest BCUT2D eigenvalue weighted by atomic mass is 16.5. The van der Waals surface area contributed by atoms with E-state index in [4.69, 9.17) is 19.8 Å². The molecule has 0 bridgehead atoms. The summed E-state index contributed by atoms with van der Waals surface area (Å²) in [6, 6.07) is 16.9. The Labute approximate surface area is 224 Å². The van der Waals surface area contributed by atoms with Gasteiger partial charge in [0.05, 0.1) is 37.2 Å². The highest BCUT2D eigenvalue weighted by Crippen LogP contribution is 2.28. The first-order valence-electron chi connectivity index (χ1n) is 13.5. The minimum Gasteiger partial charge on any atom is -0.378 e. The molecule has 0 aliphatic carbocycles. The minimum absolute atomic E-state index is 0.687. The molecular formula is C29H36N8O. The standard InChI is InChI=1S/C29H36N8O/c1-22-3-7-25(8-4-22)31-28-20-26(32-29(33-28)36-15-17-38-18-16-36)23-5-6-24-21-30-37(27(24)19-23)14-13-35-11-9-34(2)10-12-35/h3-8,19-21H,9-18H2,1-2H3,(H,31,32,33). The van der Waals surface area contributed by atoms with Gasteiger partial charge < -0.3 is 19.9 Å². The van der Waals surface area contributed by atoms with E-state index < -0.39 is 0 Å². The molecule has 0 radical (unpaired) electrons. The molecule has 2 aromatic carbocycles. The van der Waals surface area contributed by atoms with E-state index in [9.17, 15) is 0 Å². The van der Waals surface area contributed by atoms with E-state index in [-0.39, 0.29) is 0 Å². The predicted molar refractivity (Wildman–Crippen MR) is 152 cm³/mol. The molecule has 0 spiro atoms. The van der Waals surface area contributed by atoms with Gasteiger partial charge in [-0.05, 0) is 32.2 Å². The van der Waals surface area contributed by atoms with Crippen LogP contribution < -0.4 is 10.2 Å². The fourth-order valence-electron chi connectivity index (χ4n) is 5.05. The summed E-state index contributed by atoms with van der Waals surface area (Å²) in [6.07, 6.45) is 1.96. The molecule has 2 saturated heterocycles. The highest BCUT2D eigenvalue weighted by Gasteiger charge is 2.18. The zero-order valence-electron chi connectivity index (χ0n) is 22.3. The van der Waals surface area contributed by atoms with Crippen LogP contribution in [0.1, 0.15) is 5.56 Å². The SMILES string of the molecule is Cc1ccc(Nc2cc(-c3ccc4cnn(CCN5CCN(C)CC5)c4c3)nc(N3CCOCC3)n2)cc1. The van der Waals surface area contributed by atoms with Crippen LogP contribution in [0.25, 0.3) is 22.2 Å². The number of benzene rings is 2. The molecule has 198 valence electrons. The van der Waals surface area contributed by atoms with Gasteiger partial charge in [0.2, 0.25) is 5.95 Å². The first kappa shape index (κ1) is 24.8. The number of morpholine rings is 1. The van der Waals surface area contributed by atoms with Crippen molar-refractivity contribution in [2.75, 3.05) is 76.3 Å². The zero-order valence-corrected chi connectivity index (χ0v) is 22.3. The topological polar surface area (TPSA) is 74.6 Å². The van der Waals surface area contributed by atoms with Crippen molar-refractivity contribution < 1.29 is 4.74 Å².